The summed E-state index contributed by atoms with van der Waals surface area (Å²) in [6.45, 7) is 1.67. The molecule has 24 heavy (non-hydrogen) atoms. The molecule has 7 nitrogen and oxygen atoms in total. The van der Waals surface area contributed by atoms with Crippen LogP contribution in [0.4, 0.5) is 11.4 Å². The second-order valence-corrected chi connectivity index (χ2v) is 5.51. The Bertz CT molecular complexity index is 734. The number of aliphatic hydroxyl groups is 1. The third-order valence-corrected chi connectivity index (χ3v) is 3.75. The molecule has 0 aliphatic heterocycles. The molecule has 0 aromatic heterocycles. The lowest BCUT2D eigenvalue weighted by molar-refractivity contribution is -0.383. The van der Waals surface area contributed by atoms with Crippen LogP contribution in [-0.4, -0.2) is 28.1 Å². The summed E-state index contributed by atoms with van der Waals surface area (Å²) in [5, 5.41) is 23.7. The molecule has 2 unspecified atom stereocenters. The first-order chi connectivity index (χ1) is 11.4. The summed E-state index contributed by atoms with van der Waals surface area (Å²) < 4.78 is 0. The molecule has 4 N–H and O–H groups in total. The summed E-state index contributed by atoms with van der Waals surface area (Å²) >= 11 is 0. The molecule has 0 saturated heterocycles. The fourth-order valence-corrected chi connectivity index (χ4v) is 2.32. The van der Waals surface area contributed by atoms with Gasteiger partial charge in [-0.3, -0.25) is 14.9 Å². The van der Waals surface area contributed by atoms with Crippen LogP contribution in [0.2, 0.25) is 0 Å². The molecular formula is C17H19N3O4. The smallest absolute Gasteiger partial charge is 0.292 e. The number of amides is 1. The van der Waals surface area contributed by atoms with E-state index in [9.17, 15) is 20.0 Å². The van der Waals surface area contributed by atoms with Crippen LogP contribution in [0.3, 0.4) is 0 Å². The number of nitro benzene ring substituents is 1. The molecule has 0 fully saturated rings. The average molecular weight is 329 g/mol. The predicted octanol–water partition coefficient (Wildman–Crippen LogP) is 1.90. The first-order valence-corrected chi connectivity index (χ1v) is 7.46. The second kappa shape index (κ2) is 7.56. The maximum absolute atomic E-state index is 12.3. The van der Waals surface area contributed by atoms with Crippen LogP contribution in [0.5, 0.6) is 0 Å². The maximum atomic E-state index is 12.3. The van der Waals surface area contributed by atoms with E-state index >= 15 is 0 Å². The highest BCUT2D eigenvalue weighted by atomic mass is 16.6. The lowest BCUT2D eigenvalue weighted by atomic mass is 10.0. The van der Waals surface area contributed by atoms with Gasteiger partial charge in [-0.1, -0.05) is 36.4 Å². The van der Waals surface area contributed by atoms with Gasteiger partial charge >= 0.3 is 0 Å². The zero-order valence-corrected chi connectivity index (χ0v) is 13.2. The Kier molecular flexibility index (Phi) is 5.49. The Balaban J connectivity index is 2.06. The van der Waals surface area contributed by atoms with Gasteiger partial charge in [0.15, 0.2) is 0 Å². The SMILES string of the molecule is CC(NC(=O)c1cccc([N+](=O)[O-])c1N)C(O)Cc1ccccc1. The van der Waals surface area contributed by atoms with E-state index in [1.54, 1.807) is 6.92 Å². The summed E-state index contributed by atoms with van der Waals surface area (Å²) in [5.74, 6) is -0.559. The van der Waals surface area contributed by atoms with Crippen molar-refractivity contribution in [3.63, 3.8) is 0 Å². The second-order valence-electron chi connectivity index (χ2n) is 5.51. The van der Waals surface area contributed by atoms with Gasteiger partial charge in [0.2, 0.25) is 0 Å². The number of nitrogens with zero attached hydrogens (tertiary/aromatic N) is 1. The van der Waals surface area contributed by atoms with E-state index in [0.29, 0.717) is 6.42 Å². The van der Waals surface area contributed by atoms with Gasteiger partial charge in [-0.05, 0) is 18.6 Å². The van der Waals surface area contributed by atoms with Crippen molar-refractivity contribution in [2.24, 2.45) is 0 Å². The van der Waals surface area contributed by atoms with Gasteiger partial charge < -0.3 is 16.2 Å². The number of hydrogen-bond donors (Lipinski definition) is 3. The van der Waals surface area contributed by atoms with Gasteiger partial charge in [0.05, 0.1) is 22.6 Å². The van der Waals surface area contributed by atoms with Crippen LogP contribution in [0.25, 0.3) is 0 Å². The van der Waals surface area contributed by atoms with Crippen molar-refractivity contribution in [3.8, 4) is 0 Å². The topological polar surface area (TPSA) is 118 Å². The quantitative estimate of drug-likeness (QED) is 0.425. The molecule has 0 bridgehead atoms. The van der Waals surface area contributed by atoms with Crippen molar-refractivity contribution in [2.45, 2.75) is 25.5 Å². The van der Waals surface area contributed by atoms with Crippen molar-refractivity contribution in [1.29, 1.82) is 0 Å². The highest BCUT2D eigenvalue weighted by Gasteiger charge is 2.22. The highest BCUT2D eigenvalue weighted by Crippen LogP contribution is 2.24. The summed E-state index contributed by atoms with van der Waals surface area (Å²) in [5.41, 5.74) is 6.15. The minimum atomic E-state index is -0.795. The Morgan fingerprint density at radius 3 is 2.54 bits per heavy atom. The number of anilines is 1. The van der Waals surface area contributed by atoms with Gasteiger partial charge in [0, 0.05) is 12.5 Å². The van der Waals surface area contributed by atoms with Crippen LogP contribution in [0.15, 0.2) is 48.5 Å². The molecule has 0 aliphatic carbocycles. The van der Waals surface area contributed by atoms with E-state index in [2.05, 4.69) is 5.32 Å². The number of carbonyl (C=O) groups is 1. The van der Waals surface area contributed by atoms with Crippen molar-refractivity contribution in [2.75, 3.05) is 5.73 Å². The van der Waals surface area contributed by atoms with Crippen molar-refractivity contribution < 1.29 is 14.8 Å². The molecule has 2 aromatic carbocycles. The molecule has 126 valence electrons. The first kappa shape index (κ1) is 17.4. The number of nitrogens with two attached hydrogens (primary N) is 1. The van der Waals surface area contributed by atoms with Crippen LogP contribution >= 0.6 is 0 Å². The highest BCUT2D eigenvalue weighted by molar-refractivity contribution is 6.01. The van der Waals surface area contributed by atoms with E-state index in [0.717, 1.165) is 5.56 Å². The van der Waals surface area contributed by atoms with E-state index in [1.807, 2.05) is 30.3 Å². The van der Waals surface area contributed by atoms with E-state index in [-0.39, 0.29) is 16.9 Å². The van der Waals surface area contributed by atoms with Crippen molar-refractivity contribution in [3.05, 3.63) is 69.8 Å². The Morgan fingerprint density at radius 2 is 1.92 bits per heavy atom. The molecule has 1 amide bonds. The standard InChI is InChI=1S/C17H19N3O4/c1-11(15(21)10-12-6-3-2-4-7-12)19-17(22)13-8-5-9-14(16(13)18)20(23)24/h2-9,11,15,21H,10,18H2,1H3,(H,19,22). The lowest BCUT2D eigenvalue weighted by Gasteiger charge is -2.20. The van der Waals surface area contributed by atoms with Crippen LogP contribution in [0.1, 0.15) is 22.8 Å². The molecule has 0 radical (unpaired) electrons. The molecule has 2 aromatic rings. The minimum Gasteiger partial charge on any atom is -0.393 e. The number of hydrogen-bond acceptors (Lipinski definition) is 5. The molecule has 0 aliphatic rings. The monoisotopic (exact) mass is 329 g/mol. The molecule has 2 atom stereocenters. The fraction of sp³-hybridized carbons (Fsp3) is 0.235. The zero-order chi connectivity index (χ0) is 17.7. The van der Waals surface area contributed by atoms with E-state index < -0.39 is 23.0 Å². The summed E-state index contributed by atoms with van der Waals surface area (Å²) in [6, 6.07) is 12.9. The molecular weight excluding hydrogens is 310 g/mol. The van der Waals surface area contributed by atoms with Gasteiger partial charge in [0.1, 0.15) is 5.69 Å². The summed E-state index contributed by atoms with van der Waals surface area (Å²) in [7, 11) is 0. The molecule has 2 rings (SSSR count). The Morgan fingerprint density at radius 1 is 1.25 bits per heavy atom. The third kappa shape index (κ3) is 4.08. The summed E-state index contributed by atoms with van der Waals surface area (Å²) in [6.07, 6.45) is -0.413. The third-order valence-electron chi connectivity index (χ3n) is 3.75. The van der Waals surface area contributed by atoms with Crippen molar-refractivity contribution >= 4 is 17.3 Å². The number of nitrogen functional groups attached to an aromatic ring is 1. The van der Waals surface area contributed by atoms with Crippen LogP contribution in [-0.2, 0) is 6.42 Å². The van der Waals surface area contributed by atoms with Crippen LogP contribution < -0.4 is 11.1 Å². The number of benzene rings is 2. The van der Waals surface area contributed by atoms with Crippen molar-refractivity contribution in [1.82, 2.24) is 5.32 Å². The first-order valence-electron chi connectivity index (χ1n) is 7.46. The summed E-state index contributed by atoms with van der Waals surface area (Å²) in [4.78, 5) is 22.5. The normalized spacial score (nSPS) is 13.1. The molecule has 0 saturated carbocycles. The molecule has 7 heteroatoms. The maximum Gasteiger partial charge on any atom is 0.292 e. The number of aliphatic hydroxyl groups excluding tert-OH is 1. The lowest BCUT2D eigenvalue weighted by Crippen LogP contribution is -2.42. The van der Waals surface area contributed by atoms with Crippen LogP contribution in [0, 0.1) is 10.1 Å². The Labute approximate surface area is 139 Å². The van der Waals surface area contributed by atoms with E-state index in [4.69, 9.17) is 5.73 Å². The van der Waals surface area contributed by atoms with Gasteiger partial charge in [0.25, 0.3) is 11.6 Å². The largest absolute Gasteiger partial charge is 0.393 e. The van der Waals surface area contributed by atoms with E-state index in [1.165, 1.54) is 18.2 Å². The molecule has 0 heterocycles. The number of rotatable bonds is 6. The zero-order valence-electron chi connectivity index (χ0n) is 13.2. The minimum absolute atomic E-state index is 0.0166. The number of para-hydroxylation sites is 1. The number of carbonyl (C=O) groups excluding carboxylic acids is 1. The van der Waals surface area contributed by atoms with Gasteiger partial charge in [-0.2, -0.15) is 0 Å². The number of nitrogens with one attached hydrogen (secondary N) is 1. The molecule has 0 spiro atoms. The fourth-order valence-electron chi connectivity index (χ4n) is 2.32. The Hall–Kier alpha value is -2.93. The van der Waals surface area contributed by atoms with Gasteiger partial charge in [-0.15, -0.1) is 0 Å². The number of nitro groups is 1. The predicted molar refractivity (Wildman–Crippen MR) is 90.6 cm³/mol. The average Bonchev–Trinajstić information content (AvgIpc) is 2.55. The van der Waals surface area contributed by atoms with Gasteiger partial charge in [-0.25, -0.2) is 0 Å².